The Bertz CT molecular complexity index is 952. The number of nitrogens with one attached hydrogen (secondary N) is 2. The quantitative estimate of drug-likeness (QED) is 0.496. The molecule has 2 unspecified atom stereocenters. The van der Waals surface area contributed by atoms with Gasteiger partial charge in [0.15, 0.2) is 0 Å². The Labute approximate surface area is 177 Å². The van der Waals surface area contributed by atoms with Gasteiger partial charge in [-0.05, 0) is 41.0 Å². The van der Waals surface area contributed by atoms with Crippen molar-refractivity contribution in [1.82, 2.24) is 10.2 Å². The number of hydrogen-bond donors (Lipinski definition) is 2. The van der Waals surface area contributed by atoms with Crippen LogP contribution in [0, 0.1) is 0 Å². The average Bonchev–Trinajstić information content (AvgIpc) is 3.56. The van der Waals surface area contributed by atoms with Crippen molar-refractivity contribution in [1.29, 1.82) is 0 Å². The summed E-state index contributed by atoms with van der Waals surface area (Å²) in [5.41, 5.74) is 3.93. The molecule has 6 heteroatoms. The molecule has 0 aliphatic carbocycles. The molecule has 4 rings (SSSR count). The lowest BCUT2D eigenvalue weighted by Crippen LogP contribution is -2.34. The third-order valence-electron chi connectivity index (χ3n) is 5.32. The lowest BCUT2D eigenvalue weighted by Gasteiger charge is -2.19. The van der Waals surface area contributed by atoms with E-state index in [0.717, 1.165) is 23.4 Å². The zero-order valence-electron chi connectivity index (χ0n) is 17.3. The van der Waals surface area contributed by atoms with E-state index in [1.54, 1.807) is 14.2 Å². The van der Waals surface area contributed by atoms with Crippen molar-refractivity contribution in [2.24, 2.45) is 0 Å². The van der Waals surface area contributed by atoms with Crippen molar-refractivity contribution in [2.75, 3.05) is 39.2 Å². The van der Waals surface area contributed by atoms with Gasteiger partial charge in [-0.2, -0.15) is 0 Å². The number of allylic oxidation sites excluding steroid dienone is 2. The smallest absolute Gasteiger partial charge is 0.246 e. The van der Waals surface area contributed by atoms with Gasteiger partial charge in [-0.3, -0.25) is 10.1 Å². The van der Waals surface area contributed by atoms with Crippen LogP contribution in [0.2, 0.25) is 0 Å². The molecule has 2 aliphatic heterocycles. The molecule has 0 aromatic heterocycles. The number of carbonyl (C=O) groups excluding carboxylic acids is 1. The van der Waals surface area contributed by atoms with E-state index in [-0.39, 0.29) is 5.91 Å². The fourth-order valence-electron chi connectivity index (χ4n) is 3.54. The minimum atomic E-state index is -0.515. The Kier molecular flexibility index (Phi) is 6.16. The van der Waals surface area contributed by atoms with Crippen LogP contribution in [-0.4, -0.2) is 50.8 Å². The SMILES string of the molecule is COCCNC(C(=O)Nc1ccc(C2=CN3CC3C=C2)cc1)c1cccc(OC)c1. The summed E-state index contributed by atoms with van der Waals surface area (Å²) >= 11 is 0. The van der Waals surface area contributed by atoms with Crippen molar-refractivity contribution in [2.45, 2.75) is 12.1 Å². The maximum atomic E-state index is 13.1. The zero-order chi connectivity index (χ0) is 20.9. The first-order chi connectivity index (χ1) is 14.7. The number of nitrogens with zero attached hydrogens (tertiary/aromatic N) is 1. The van der Waals surface area contributed by atoms with E-state index in [4.69, 9.17) is 9.47 Å². The Hall–Kier alpha value is -3.09. The number of amides is 1. The molecule has 2 aromatic carbocycles. The number of methoxy groups -OCH3 is 2. The van der Waals surface area contributed by atoms with Gasteiger partial charge in [0.25, 0.3) is 0 Å². The van der Waals surface area contributed by atoms with E-state index >= 15 is 0 Å². The van der Waals surface area contributed by atoms with Gasteiger partial charge in [-0.1, -0.05) is 36.4 Å². The van der Waals surface area contributed by atoms with Gasteiger partial charge < -0.3 is 19.7 Å². The fourth-order valence-corrected chi connectivity index (χ4v) is 3.54. The number of fused-ring (bicyclic) bond motifs is 1. The summed E-state index contributed by atoms with van der Waals surface area (Å²) in [6, 6.07) is 15.6. The Morgan fingerprint density at radius 3 is 2.77 bits per heavy atom. The second kappa shape index (κ2) is 9.15. The minimum absolute atomic E-state index is 0.129. The van der Waals surface area contributed by atoms with Gasteiger partial charge in [0.2, 0.25) is 5.91 Å². The third-order valence-corrected chi connectivity index (χ3v) is 5.32. The summed E-state index contributed by atoms with van der Waals surface area (Å²) in [5, 5.41) is 6.29. The molecule has 0 bridgehead atoms. The molecule has 6 nitrogen and oxygen atoms in total. The summed E-state index contributed by atoms with van der Waals surface area (Å²) in [7, 11) is 3.26. The van der Waals surface area contributed by atoms with Crippen LogP contribution in [0.1, 0.15) is 17.2 Å². The first-order valence-electron chi connectivity index (χ1n) is 10.1. The predicted molar refractivity (Wildman–Crippen MR) is 118 cm³/mol. The lowest BCUT2D eigenvalue weighted by molar-refractivity contribution is -0.118. The van der Waals surface area contributed by atoms with Crippen LogP contribution in [0.15, 0.2) is 66.9 Å². The van der Waals surface area contributed by atoms with Crippen molar-refractivity contribution >= 4 is 17.2 Å². The number of carbonyl (C=O) groups is 1. The molecule has 2 aromatic rings. The van der Waals surface area contributed by atoms with Gasteiger partial charge in [-0.15, -0.1) is 0 Å². The zero-order valence-corrected chi connectivity index (χ0v) is 17.3. The van der Waals surface area contributed by atoms with E-state index < -0.39 is 6.04 Å². The highest BCUT2D eigenvalue weighted by molar-refractivity contribution is 5.95. The minimum Gasteiger partial charge on any atom is -0.497 e. The van der Waals surface area contributed by atoms with E-state index in [2.05, 4.69) is 33.9 Å². The van der Waals surface area contributed by atoms with Gasteiger partial charge in [0, 0.05) is 32.1 Å². The Morgan fingerprint density at radius 2 is 2.03 bits per heavy atom. The molecule has 1 saturated heterocycles. The summed E-state index contributed by atoms with van der Waals surface area (Å²) in [4.78, 5) is 15.4. The third kappa shape index (κ3) is 4.72. The molecule has 30 heavy (non-hydrogen) atoms. The fraction of sp³-hybridized carbons (Fsp3) is 0.292. The molecule has 2 heterocycles. The molecule has 0 radical (unpaired) electrons. The number of benzene rings is 2. The molecular formula is C24H27N3O3. The van der Waals surface area contributed by atoms with Crippen molar-refractivity contribution in [3.63, 3.8) is 0 Å². The highest BCUT2D eigenvalue weighted by atomic mass is 16.5. The van der Waals surface area contributed by atoms with Gasteiger partial charge in [0.1, 0.15) is 11.8 Å². The second-order valence-corrected chi connectivity index (χ2v) is 7.43. The van der Waals surface area contributed by atoms with Gasteiger partial charge >= 0.3 is 0 Å². The Balaban J connectivity index is 1.46. The molecule has 156 valence electrons. The monoisotopic (exact) mass is 405 g/mol. The summed E-state index contributed by atoms with van der Waals surface area (Å²) < 4.78 is 10.4. The molecular weight excluding hydrogens is 378 g/mol. The van der Waals surface area contributed by atoms with Crippen LogP contribution < -0.4 is 15.4 Å². The van der Waals surface area contributed by atoms with Gasteiger partial charge in [-0.25, -0.2) is 0 Å². The highest BCUT2D eigenvalue weighted by Crippen LogP contribution is 2.30. The molecule has 2 atom stereocenters. The standard InChI is InChI=1S/C24H27N3O3/c1-29-13-12-25-23(18-4-3-5-22(14-18)30-2)24(28)26-20-9-6-17(7-10-20)19-8-11-21-16-27(21)15-19/h3-11,14-15,21,23,25H,12-13,16H2,1-2H3,(H,26,28). The first-order valence-corrected chi connectivity index (χ1v) is 10.1. The number of anilines is 1. The molecule has 1 fully saturated rings. The molecule has 0 spiro atoms. The van der Waals surface area contributed by atoms with E-state index in [9.17, 15) is 4.79 Å². The van der Waals surface area contributed by atoms with Crippen LogP contribution >= 0.6 is 0 Å². The number of rotatable bonds is 9. The molecule has 2 aliphatic rings. The largest absolute Gasteiger partial charge is 0.497 e. The Morgan fingerprint density at radius 1 is 1.20 bits per heavy atom. The highest BCUT2D eigenvalue weighted by Gasteiger charge is 2.31. The summed E-state index contributed by atoms with van der Waals surface area (Å²) in [6.07, 6.45) is 6.59. The van der Waals surface area contributed by atoms with Crippen LogP contribution in [0.4, 0.5) is 5.69 Å². The summed E-state index contributed by atoms with van der Waals surface area (Å²) in [6.45, 7) is 2.18. The van der Waals surface area contributed by atoms with E-state index in [1.807, 2.05) is 48.5 Å². The first kappa shape index (κ1) is 20.2. The summed E-state index contributed by atoms with van der Waals surface area (Å²) in [5.74, 6) is 0.585. The average molecular weight is 405 g/mol. The van der Waals surface area contributed by atoms with E-state index in [1.165, 1.54) is 5.57 Å². The van der Waals surface area contributed by atoms with Crippen LogP contribution in [0.25, 0.3) is 5.57 Å². The second-order valence-electron chi connectivity index (χ2n) is 7.43. The maximum absolute atomic E-state index is 13.1. The molecule has 1 amide bonds. The van der Waals surface area contributed by atoms with Crippen molar-refractivity contribution < 1.29 is 14.3 Å². The topological polar surface area (TPSA) is 62.6 Å². The van der Waals surface area contributed by atoms with Crippen LogP contribution in [-0.2, 0) is 9.53 Å². The predicted octanol–water partition coefficient (Wildman–Crippen LogP) is 3.21. The number of hydrogen-bond acceptors (Lipinski definition) is 5. The van der Waals surface area contributed by atoms with Crippen molar-refractivity contribution in [3.8, 4) is 5.75 Å². The lowest BCUT2D eigenvalue weighted by atomic mass is 10.0. The number of ether oxygens (including phenoxy) is 2. The van der Waals surface area contributed by atoms with E-state index in [0.29, 0.717) is 24.9 Å². The van der Waals surface area contributed by atoms with Crippen LogP contribution in [0.3, 0.4) is 0 Å². The molecule has 2 N–H and O–H groups in total. The normalized spacial score (nSPS) is 17.7. The van der Waals surface area contributed by atoms with Crippen LogP contribution in [0.5, 0.6) is 5.75 Å². The molecule has 0 saturated carbocycles. The van der Waals surface area contributed by atoms with Crippen molar-refractivity contribution in [3.05, 3.63) is 78.0 Å². The van der Waals surface area contributed by atoms with Gasteiger partial charge in [0.05, 0.1) is 19.8 Å². The maximum Gasteiger partial charge on any atom is 0.246 e.